The van der Waals surface area contributed by atoms with E-state index in [9.17, 15) is 0 Å². The molecule has 1 aromatic carbocycles. The van der Waals surface area contributed by atoms with Crippen molar-refractivity contribution in [3.8, 4) is 0 Å². The van der Waals surface area contributed by atoms with E-state index in [0.29, 0.717) is 11.8 Å². The van der Waals surface area contributed by atoms with Crippen molar-refractivity contribution in [3.63, 3.8) is 0 Å². The average Bonchev–Trinajstić information content (AvgIpc) is 2.19. The molecule has 0 fully saturated rings. The molecule has 0 atom stereocenters. The molecule has 0 amide bonds. The predicted octanol–water partition coefficient (Wildman–Crippen LogP) is 4.53. The van der Waals surface area contributed by atoms with Crippen LogP contribution in [-0.2, 0) is 0 Å². The second kappa shape index (κ2) is 7.69. The molecule has 3 radical (unpaired) electrons. The predicted molar refractivity (Wildman–Crippen MR) is 70.9 cm³/mol. The van der Waals surface area contributed by atoms with Crippen LogP contribution in [0.5, 0.6) is 0 Å². The summed E-state index contributed by atoms with van der Waals surface area (Å²) in [5.41, 5.74) is 2.99. The minimum absolute atomic E-state index is 0.642. The lowest BCUT2D eigenvalue weighted by Crippen LogP contribution is -1.97. The van der Waals surface area contributed by atoms with Crippen molar-refractivity contribution < 1.29 is 0 Å². The Kier molecular flexibility index (Phi) is 7.40. The van der Waals surface area contributed by atoms with Crippen LogP contribution in [-0.4, -0.2) is 10.2 Å². The fourth-order valence-corrected chi connectivity index (χ4v) is 1.56. The molecular formula is C14H23Si. The Hall–Kier alpha value is -0.563. The lowest BCUT2D eigenvalue weighted by atomic mass is 9.91. The molecule has 0 aliphatic heterocycles. The van der Waals surface area contributed by atoms with Gasteiger partial charge in [-0.2, -0.15) is 0 Å². The maximum Gasteiger partial charge on any atom is 0.0219 e. The van der Waals surface area contributed by atoms with Crippen LogP contribution in [0.4, 0.5) is 0 Å². The summed E-state index contributed by atoms with van der Waals surface area (Å²) in [6.45, 7) is 11.0. The molecule has 0 unspecified atom stereocenters. The monoisotopic (exact) mass is 219 g/mol. The quantitative estimate of drug-likeness (QED) is 0.641. The zero-order chi connectivity index (χ0) is 11.8. The summed E-state index contributed by atoms with van der Waals surface area (Å²) in [5.74, 6) is 1.28. The van der Waals surface area contributed by atoms with Gasteiger partial charge in [-0.1, -0.05) is 64.9 Å². The Bertz CT molecular complexity index is 237. The van der Waals surface area contributed by atoms with Gasteiger partial charge in [-0.25, -0.2) is 0 Å². The highest BCUT2D eigenvalue weighted by Crippen LogP contribution is 2.25. The number of benzene rings is 1. The van der Waals surface area contributed by atoms with Gasteiger partial charge in [-0.05, 0) is 23.0 Å². The largest absolute Gasteiger partial charge is 0.0684 e. The van der Waals surface area contributed by atoms with E-state index < -0.39 is 0 Å². The van der Waals surface area contributed by atoms with Crippen molar-refractivity contribution >= 4 is 10.2 Å². The Labute approximate surface area is 98.5 Å². The summed E-state index contributed by atoms with van der Waals surface area (Å²) in [4.78, 5) is 0. The topological polar surface area (TPSA) is 0 Å². The van der Waals surface area contributed by atoms with Gasteiger partial charge in [0, 0.05) is 10.2 Å². The highest BCUT2D eigenvalue weighted by molar-refractivity contribution is 6.08. The van der Waals surface area contributed by atoms with Crippen molar-refractivity contribution in [1.82, 2.24) is 0 Å². The Morgan fingerprint density at radius 3 is 1.40 bits per heavy atom. The minimum atomic E-state index is 0.642. The van der Waals surface area contributed by atoms with E-state index in [-0.39, 0.29) is 0 Å². The smallest absolute Gasteiger partial charge is 0.0219 e. The number of hydrogen-bond acceptors (Lipinski definition) is 0. The second-order valence-corrected chi connectivity index (χ2v) is 5.00. The Morgan fingerprint density at radius 1 is 0.933 bits per heavy atom. The van der Waals surface area contributed by atoms with Gasteiger partial charge in [0.1, 0.15) is 0 Å². The third-order valence-electron chi connectivity index (χ3n) is 2.24. The van der Waals surface area contributed by atoms with Crippen molar-refractivity contribution in [3.05, 3.63) is 35.4 Å². The minimum Gasteiger partial charge on any atom is -0.0684 e. The third kappa shape index (κ3) is 5.17. The first-order valence-electron chi connectivity index (χ1n) is 5.77. The van der Waals surface area contributed by atoms with Crippen molar-refractivity contribution in [2.45, 2.75) is 52.5 Å². The molecule has 0 heterocycles. The molecule has 0 nitrogen and oxygen atoms in total. The summed E-state index contributed by atoms with van der Waals surface area (Å²) in [7, 11) is 3.18. The van der Waals surface area contributed by atoms with E-state index >= 15 is 0 Å². The summed E-state index contributed by atoms with van der Waals surface area (Å²) >= 11 is 0. The molecule has 0 bridgehead atoms. The fourth-order valence-electron chi connectivity index (χ4n) is 1.56. The van der Waals surface area contributed by atoms with Gasteiger partial charge in [-0.3, -0.25) is 0 Å². The zero-order valence-electron chi connectivity index (χ0n) is 10.7. The fraction of sp³-hybridized carbons (Fsp3) is 0.571. The lowest BCUT2D eigenvalue weighted by Gasteiger charge is -2.14. The summed E-state index contributed by atoms with van der Waals surface area (Å²) < 4.78 is 0. The highest BCUT2D eigenvalue weighted by Gasteiger charge is 2.07. The van der Waals surface area contributed by atoms with Crippen LogP contribution in [0.2, 0.25) is 6.04 Å². The average molecular weight is 219 g/mol. The zero-order valence-corrected chi connectivity index (χ0v) is 11.7. The summed E-state index contributed by atoms with van der Waals surface area (Å²) in [6, 6.07) is 9.78. The molecule has 1 aromatic rings. The molecular weight excluding hydrogens is 196 g/mol. The van der Waals surface area contributed by atoms with Gasteiger partial charge < -0.3 is 0 Å². The standard InChI is InChI=1S/C12H18.C2H5Si/c1-9(2)11-7-5-6-8-12(11)10(3)4;1-2-3/h5-10H,1-4H3;2H2,1H3. The molecule has 0 aromatic heterocycles. The van der Waals surface area contributed by atoms with E-state index in [0.717, 1.165) is 6.04 Å². The normalized spacial score (nSPS) is 10.1. The molecule has 0 N–H and O–H groups in total. The SMILES string of the molecule is CC(C)c1ccccc1C(C)C.CC[Si]. The lowest BCUT2D eigenvalue weighted by molar-refractivity contribution is 0.790. The maximum absolute atomic E-state index is 3.18. The van der Waals surface area contributed by atoms with Crippen molar-refractivity contribution in [2.24, 2.45) is 0 Å². The van der Waals surface area contributed by atoms with Gasteiger partial charge in [0.05, 0.1) is 0 Å². The highest BCUT2D eigenvalue weighted by atomic mass is 28.1. The Balaban J connectivity index is 0.000000583. The molecule has 0 saturated carbocycles. The van der Waals surface area contributed by atoms with Gasteiger partial charge in [-0.15, -0.1) is 0 Å². The van der Waals surface area contributed by atoms with Crippen LogP contribution in [0.15, 0.2) is 24.3 Å². The van der Waals surface area contributed by atoms with E-state index in [4.69, 9.17) is 0 Å². The number of hydrogen-bond donors (Lipinski definition) is 0. The number of rotatable bonds is 2. The van der Waals surface area contributed by atoms with Crippen molar-refractivity contribution in [2.75, 3.05) is 0 Å². The molecule has 0 aliphatic carbocycles. The van der Waals surface area contributed by atoms with Gasteiger partial charge >= 0.3 is 0 Å². The van der Waals surface area contributed by atoms with Crippen molar-refractivity contribution in [1.29, 1.82) is 0 Å². The van der Waals surface area contributed by atoms with Crippen LogP contribution in [0, 0.1) is 0 Å². The summed E-state index contributed by atoms with van der Waals surface area (Å²) in [5, 5.41) is 0. The van der Waals surface area contributed by atoms with Crippen LogP contribution in [0.3, 0.4) is 0 Å². The molecule has 15 heavy (non-hydrogen) atoms. The third-order valence-corrected chi connectivity index (χ3v) is 2.24. The molecule has 83 valence electrons. The molecule has 0 saturated heterocycles. The maximum atomic E-state index is 3.18. The summed E-state index contributed by atoms with van der Waals surface area (Å²) in [6.07, 6.45) is 0. The van der Waals surface area contributed by atoms with Gasteiger partial charge in [0.25, 0.3) is 0 Å². The van der Waals surface area contributed by atoms with E-state index in [1.165, 1.54) is 11.1 Å². The first kappa shape index (κ1) is 14.4. The van der Waals surface area contributed by atoms with Crippen LogP contribution in [0.1, 0.15) is 57.6 Å². The molecule has 0 spiro atoms. The first-order chi connectivity index (χ1) is 7.04. The Morgan fingerprint density at radius 2 is 1.20 bits per heavy atom. The van der Waals surface area contributed by atoms with Crippen LogP contribution >= 0.6 is 0 Å². The molecule has 0 aliphatic rings. The van der Waals surface area contributed by atoms with Crippen LogP contribution in [0.25, 0.3) is 0 Å². The van der Waals surface area contributed by atoms with Gasteiger partial charge in [0.15, 0.2) is 0 Å². The molecule has 1 rings (SSSR count). The van der Waals surface area contributed by atoms with E-state index in [1.807, 2.05) is 6.92 Å². The van der Waals surface area contributed by atoms with E-state index in [1.54, 1.807) is 0 Å². The van der Waals surface area contributed by atoms with E-state index in [2.05, 4.69) is 62.2 Å². The first-order valence-corrected chi connectivity index (χ1v) is 6.48. The van der Waals surface area contributed by atoms with Gasteiger partial charge in [0.2, 0.25) is 0 Å². The molecule has 1 heteroatoms. The second-order valence-electron chi connectivity index (χ2n) is 4.29. The van der Waals surface area contributed by atoms with Crippen LogP contribution < -0.4 is 0 Å².